The van der Waals surface area contributed by atoms with Crippen LogP contribution >= 0.6 is 0 Å². The SMILES string of the molecule is CC(C)NC(C)COC(C)O. The second kappa shape index (κ2) is 5.52. The fourth-order valence-electron chi connectivity index (χ4n) is 0.901. The number of hydrogen-bond donors (Lipinski definition) is 2. The van der Waals surface area contributed by atoms with Gasteiger partial charge in [-0.25, -0.2) is 0 Å². The van der Waals surface area contributed by atoms with Crippen LogP contribution in [0.1, 0.15) is 27.7 Å². The van der Waals surface area contributed by atoms with Crippen molar-refractivity contribution < 1.29 is 9.84 Å². The molecule has 3 heteroatoms. The Morgan fingerprint density at radius 2 is 1.82 bits per heavy atom. The number of nitrogens with one attached hydrogen (secondary N) is 1. The van der Waals surface area contributed by atoms with Gasteiger partial charge in [0.1, 0.15) is 0 Å². The van der Waals surface area contributed by atoms with Crippen LogP contribution in [0.25, 0.3) is 0 Å². The molecule has 0 aliphatic heterocycles. The van der Waals surface area contributed by atoms with Crippen molar-refractivity contribution in [2.24, 2.45) is 0 Å². The van der Waals surface area contributed by atoms with Crippen LogP contribution in [0, 0.1) is 0 Å². The van der Waals surface area contributed by atoms with Crippen molar-refractivity contribution in [3.05, 3.63) is 0 Å². The smallest absolute Gasteiger partial charge is 0.151 e. The molecule has 0 saturated carbocycles. The maximum atomic E-state index is 8.79. The van der Waals surface area contributed by atoms with Crippen molar-refractivity contribution in [3.8, 4) is 0 Å². The third-order valence-electron chi connectivity index (χ3n) is 1.21. The van der Waals surface area contributed by atoms with E-state index in [0.29, 0.717) is 18.7 Å². The molecule has 0 aromatic heterocycles. The van der Waals surface area contributed by atoms with E-state index in [2.05, 4.69) is 19.2 Å². The average Bonchev–Trinajstić information content (AvgIpc) is 1.82. The molecule has 0 aromatic carbocycles. The molecule has 0 aliphatic rings. The van der Waals surface area contributed by atoms with Crippen LogP contribution in [-0.2, 0) is 4.74 Å². The summed E-state index contributed by atoms with van der Waals surface area (Å²) in [5, 5.41) is 12.0. The number of aliphatic hydroxyl groups is 1. The second-order valence-corrected chi connectivity index (χ2v) is 3.16. The summed E-state index contributed by atoms with van der Waals surface area (Å²) < 4.78 is 5.00. The Labute approximate surface area is 68.8 Å². The summed E-state index contributed by atoms with van der Waals surface area (Å²) in [5.41, 5.74) is 0. The standard InChI is InChI=1S/C8H19NO2/c1-6(2)9-7(3)5-11-8(4)10/h6-10H,5H2,1-4H3. The molecule has 68 valence electrons. The molecule has 0 radical (unpaired) electrons. The van der Waals surface area contributed by atoms with Gasteiger partial charge in [0.05, 0.1) is 6.61 Å². The Balaban J connectivity index is 3.29. The van der Waals surface area contributed by atoms with Gasteiger partial charge in [0, 0.05) is 12.1 Å². The highest BCUT2D eigenvalue weighted by Gasteiger charge is 2.04. The Morgan fingerprint density at radius 1 is 1.27 bits per heavy atom. The van der Waals surface area contributed by atoms with E-state index in [1.165, 1.54) is 0 Å². The van der Waals surface area contributed by atoms with E-state index in [-0.39, 0.29) is 0 Å². The van der Waals surface area contributed by atoms with E-state index < -0.39 is 6.29 Å². The van der Waals surface area contributed by atoms with Crippen molar-refractivity contribution in [3.63, 3.8) is 0 Å². The highest BCUT2D eigenvalue weighted by molar-refractivity contribution is 4.62. The van der Waals surface area contributed by atoms with Gasteiger partial charge < -0.3 is 15.2 Å². The fraction of sp³-hybridized carbons (Fsp3) is 1.00. The number of ether oxygens (including phenoxy) is 1. The minimum absolute atomic E-state index is 0.296. The zero-order chi connectivity index (χ0) is 8.85. The van der Waals surface area contributed by atoms with Crippen molar-refractivity contribution in [2.45, 2.75) is 46.1 Å². The average molecular weight is 161 g/mol. The first kappa shape index (κ1) is 10.9. The van der Waals surface area contributed by atoms with Crippen LogP contribution in [0.15, 0.2) is 0 Å². The van der Waals surface area contributed by atoms with Crippen LogP contribution in [0.2, 0.25) is 0 Å². The first-order valence-corrected chi connectivity index (χ1v) is 4.08. The topological polar surface area (TPSA) is 41.5 Å². The summed E-state index contributed by atoms with van der Waals surface area (Å²) in [6, 6.07) is 0.757. The van der Waals surface area contributed by atoms with Gasteiger partial charge in [-0.15, -0.1) is 0 Å². The van der Waals surface area contributed by atoms with Gasteiger partial charge >= 0.3 is 0 Å². The molecule has 11 heavy (non-hydrogen) atoms. The van der Waals surface area contributed by atoms with Crippen LogP contribution in [-0.4, -0.2) is 30.1 Å². The lowest BCUT2D eigenvalue weighted by Gasteiger charge is -2.17. The maximum Gasteiger partial charge on any atom is 0.151 e. The highest BCUT2D eigenvalue weighted by Crippen LogP contribution is 1.90. The molecule has 3 nitrogen and oxygen atoms in total. The molecule has 2 atom stereocenters. The number of hydrogen-bond acceptors (Lipinski definition) is 3. The van der Waals surface area contributed by atoms with Gasteiger partial charge in [-0.3, -0.25) is 0 Å². The lowest BCUT2D eigenvalue weighted by Crippen LogP contribution is -2.36. The second-order valence-electron chi connectivity index (χ2n) is 3.16. The van der Waals surface area contributed by atoms with Crippen molar-refractivity contribution in [1.29, 1.82) is 0 Å². The molecule has 0 bridgehead atoms. The van der Waals surface area contributed by atoms with Gasteiger partial charge in [-0.1, -0.05) is 13.8 Å². The minimum atomic E-state index is -0.661. The minimum Gasteiger partial charge on any atom is -0.368 e. The summed E-state index contributed by atoms with van der Waals surface area (Å²) >= 11 is 0. The van der Waals surface area contributed by atoms with Gasteiger partial charge in [-0.05, 0) is 13.8 Å². The van der Waals surface area contributed by atoms with Gasteiger partial charge in [0.15, 0.2) is 6.29 Å². The molecular weight excluding hydrogens is 142 g/mol. The first-order chi connectivity index (χ1) is 5.02. The molecule has 0 fully saturated rings. The predicted molar refractivity (Wildman–Crippen MR) is 45.4 cm³/mol. The Hall–Kier alpha value is -0.120. The van der Waals surface area contributed by atoms with E-state index in [9.17, 15) is 0 Å². The first-order valence-electron chi connectivity index (χ1n) is 4.08. The summed E-state index contributed by atoms with van der Waals surface area (Å²) in [4.78, 5) is 0. The number of rotatable bonds is 5. The summed E-state index contributed by atoms with van der Waals surface area (Å²) in [5.74, 6) is 0. The summed E-state index contributed by atoms with van der Waals surface area (Å²) in [6.45, 7) is 8.36. The zero-order valence-electron chi connectivity index (χ0n) is 7.79. The quantitative estimate of drug-likeness (QED) is 0.584. The Bertz CT molecular complexity index is 94.1. The van der Waals surface area contributed by atoms with E-state index >= 15 is 0 Å². The maximum absolute atomic E-state index is 8.79. The molecule has 0 aliphatic carbocycles. The molecule has 0 rings (SSSR count). The van der Waals surface area contributed by atoms with E-state index in [0.717, 1.165) is 0 Å². The van der Waals surface area contributed by atoms with Crippen molar-refractivity contribution in [1.82, 2.24) is 5.32 Å². The Morgan fingerprint density at radius 3 is 2.18 bits per heavy atom. The summed E-state index contributed by atoms with van der Waals surface area (Å²) in [6.07, 6.45) is -0.661. The number of aliphatic hydroxyl groups excluding tert-OH is 1. The van der Waals surface area contributed by atoms with E-state index in [1.807, 2.05) is 6.92 Å². The molecule has 0 aromatic rings. The third kappa shape index (κ3) is 7.78. The van der Waals surface area contributed by atoms with Crippen molar-refractivity contribution >= 4 is 0 Å². The van der Waals surface area contributed by atoms with Gasteiger partial charge in [0.2, 0.25) is 0 Å². The summed E-state index contributed by atoms with van der Waals surface area (Å²) in [7, 11) is 0. The molecule has 0 heterocycles. The van der Waals surface area contributed by atoms with Crippen LogP contribution in [0.4, 0.5) is 0 Å². The highest BCUT2D eigenvalue weighted by atomic mass is 16.6. The molecule has 2 unspecified atom stereocenters. The fourth-order valence-corrected chi connectivity index (χ4v) is 0.901. The normalized spacial score (nSPS) is 16.9. The van der Waals surface area contributed by atoms with Crippen LogP contribution < -0.4 is 5.32 Å². The Kier molecular flexibility index (Phi) is 5.46. The molecule has 2 N–H and O–H groups in total. The molecule has 0 amide bonds. The van der Waals surface area contributed by atoms with E-state index in [1.54, 1.807) is 6.92 Å². The van der Waals surface area contributed by atoms with Gasteiger partial charge in [0.25, 0.3) is 0 Å². The largest absolute Gasteiger partial charge is 0.368 e. The zero-order valence-corrected chi connectivity index (χ0v) is 7.79. The van der Waals surface area contributed by atoms with E-state index in [4.69, 9.17) is 9.84 Å². The van der Waals surface area contributed by atoms with Crippen molar-refractivity contribution in [2.75, 3.05) is 6.61 Å². The van der Waals surface area contributed by atoms with Gasteiger partial charge in [-0.2, -0.15) is 0 Å². The third-order valence-corrected chi connectivity index (χ3v) is 1.21. The van der Waals surface area contributed by atoms with Crippen LogP contribution in [0.5, 0.6) is 0 Å². The predicted octanol–water partition coefficient (Wildman–Crippen LogP) is 0.728. The van der Waals surface area contributed by atoms with Crippen LogP contribution in [0.3, 0.4) is 0 Å². The lowest BCUT2D eigenvalue weighted by atomic mass is 10.3. The molecule has 0 saturated heterocycles. The molecule has 0 spiro atoms. The monoisotopic (exact) mass is 161 g/mol. The lowest BCUT2D eigenvalue weighted by molar-refractivity contribution is -0.0905. The molecular formula is C8H19NO2.